The number of aromatic nitrogens is 2. The van der Waals surface area contributed by atoms with E-state index >= 15 is 0 Å². The number of carbonyl (C=O) groups excluding carboxylic acids is 1. The van der Waals surface area contributed by atoms with Crippen molar-refractivity contribution in [3.05, 3.63) is 71.8 Å². The van der Waals surface area contributed by atoms with Gasteiger partial charge >= 0.3 is 0 Å². The van der Waals surface area contributed by atoms with Crippen molar-refractivity contribution in [1.29, 1.82) is 0 Å². The lowest BCUT2D eigenvalue weighted by Crippen LogP contribution is -2.23. The van der Waals surface area contributed by atoms with E-state index in [1.54, 1.807) is 30.5 Å². The molecule has 2 heterocycles. The molecule has 2 aromatic heterocycles. The van der Waals surface area contributed by atoms with Gasteiger partial charge in [0.05, 0.1) is 12.8 Å². The summed E-state index contributed by atoms with van der Waals surface area (Å²) < 4.78 is 5.17. The molecule has 3 rings (SSSR count). The van der Waals surface area contributed by atoms with Crippen molar-refractivity contribution in [3.8, 4) is 0 Å². The summed E-state index contributed by atoms with van der Waals surface area (Å²) in [5.41, 5.74) is 2.46. The van der Waals surface area contributed by atoms with Gasteiger partial charge in [0, 0.05) is 5.69 Å². The summed E-state index contributed by atoms with van der Waals surface area (Å²) in [5.74, 6) is 1.47. The van der Waals surface area contributed by atoms with Gasteiger partial charge in [0.1, 0.15) is 5.76 Å². The van der Waals surface area contributed by atoms with E-state index in [0.29, 0.717) is 24.0 Å². The van der Waals surface area contributed by atoms with E-state index in [2.05, 4.69) is 46.8 Å². The number of rotatable bonds is 6. The Bertz CT molecular complexity index is 810. The van der Waals surface area contributed by atoms with Crippen molar-refractivity contribution in [3.63, 3.8) is 0 Å². The molecule has 0 aliphatic heterocycles. The Balaban J connectivity index is 1.58. The minimum Gasteiger partial charge on any atom is -0.467 e. The van der Waals surface area contributed by atoms with Crippen molar-refractivity contribution >= 4 is 17.4 Å². The van der Waals surface area contributed by atoms with E-state index in [1.165, 1.54) is 5.56 Å². The highest BCUT2D eigenvalue weighted by atomic mass is 16.3. The molecule has 1 aromatic carbocycles. The Morgan fingerprint density at radius 3 is 2.48 bits per heavy atom. The van der Waals surface area contributed by atoms with Crippen molar-refractivity contribution in [2.45, 2.75) is 26.3 Å². The topological polar surface area (TPSA) is 80.0 Å². The highest BCUT2D eigenvalue weighted by Gasteiger charge is 2.09. The van der Waals surface area contributed by atoms with Gasteiger partial charge in [-0.2, -0.15) is 0 Å². The highest BCUT2D eigenvalue weighted by Crippen LogP contribution is 2.19. The van der Waals surface area contributed by atoms with Crippen LogP contribution in [0.5, 0.6) is 0 Å². The van der Waals surface area contributed by atoms with Crippen LogP contribution in [0.4, 0.5) is 11.5 Å². The lowest BCUT2D eigenvalue weighted by Gasteiger charge is -2.08. The molecule has 128 valence electrons. The zero-order valence-electron chi connectivity index (χ0n) is 14.2. The molecule has 2 N–H and O–H groups in total. The summed E-state index contributed by atoms with van der Waals surface area (Å²) in [7, 11) is 0. The zero-order valence-corrected chi connectivity index (χ0v) is 14.2. The third kappa shape index (κ3) is 4.44. The van der Waals surface area contributed by atoms with Gasteiger partial charge in [0.2, 0.25) is 0 Å². The lowest BCUT2D eigenvalue weighted by atomic mass is 10.0. The van der Waals surface area contributed by atoms with Crippen molar-refractivity contribution in [2.24, 2.45) is 0 Å². The maximum absolute atomic E-state index is 12.0. The molecule has 0 spiro atoms. The van der Waals surface area contributed by atoms with Crippen LogP contribution in [0.1, 0.15) is 41.6 Å². The van der Waals surface area contributed by atoms with Crippen LogP contribution in [0, 0.1) is 0 Å². The van der Waals surface area contributed by atoms with Gasteiger partial charge in [-0.1, -0.05) is 26.0 Å². The molecule has 0 aliphatic rings. The van der Waals surface area contributed by atoms with Crippen LogP contribution in [0.3, 0.4) is 0 Å². The summed E-state index contributed by atoms with van der Waals surface area (Å²) in [6.07, 6.45) is 1.56. The summed E-state index contributed by atoms with van der Waals surface area (Å²) >= 11 is 0. The summed E-state index contributed by atoms with van der Waals surface area (Å²) in [6, 6.07) is 15.1. The normalized spacial score (nSPS) is 10.7. The zero-order chi connectivity index (χ0) is 17.6. The molecular weight excluding hydrogens is 316 g/mol. The molecule has 0 bridgehead atoms. The smallest absolute Gasteiger partial charge is 0.272 e. The molecule has 0 saturated carbocycles. The van der Waals surface area contributed by atoms with E-state index in [1.807, 2.05) is 12.1 Å². The van der Waals surface area contributed by atoms with Crippen LogP contribution in [0.2, 0.25) is 0 Å². The second-order valence-electron chi connectivity index (χ2n) is 5.97. The third-order valence-corrected chi connectivity index (χ3v) is 3.75. The van der Waals surface area contributed by atoms with Crippen LogP contribution >= 0.6 is 0 Å². The van der Waals surface area contributed by atoms with Crippen molar-refractivity contribution in [1.82, 2.24) is 15.5 Å². The minimum absolute atomic E-state index is 0.257. The number of anilines is 2. The maximum atomic E-state index is 12.0. The predicted molar refractivity (Wildman–Crippen MR) is 95.7 cm³/mol. The van der Waals surface area contributed by atoms with Crippen molar-refractivity contribution < 1.29 is 9.21 Å². The van der Waals surface area contributed by atoms with Gasteiger partial charge < -0.3 is 15.1 Å². The number of amides is 1. The van der Waals surface area contributed by atoms with E-state index in [9.17, 15) is 4.79 Å². The number of carbonyl (C=O) groups is 1. The van der Waals surface area contributed by atoms with Gasteiger partial charge in [0.15, 0.2) is 11.5 Å². The number of hydrogen-bond acceptors (Lipinski definition) is 5. The molecule has 3 aromatic rings. The number of hydrogen-bond donors (Lipinski definition) is 2. The molecule has 0 fully saturated rings. The number of furan rings is 1. The molecule has 0 unspecified atom stereocenters. The molecular formula is C19H20N4O2. The Hall–Kier alpha value is -3.15. The second-order valence-corrected chi connectivity index (χ2v) is 5.97. The average molecular weight is 336 g/mol. The molecule has 6 nitrogen and oxygen atoms in total. The van der Waals surface area contributed by atoms with E-state index < -0.39 is 0 Å². The fourth-order valence-electron chi connectivity index (χ4n) is 2.29. The summed E-state index contributed by atoms with van der Waals surface area (Å²) in [6.45, 7) is 4.63. The van der Waals surface area contributed by atoms with Gasteiger partial charge in [0.25, 0.3) is 5.91 Å². The number of nitrogens with zero attached hydrogens (tertiary/aromatic N) is 2. The Labute approximate surface area is 146 Å². The van der Waals surface area contributed by atoms with Crippen LogP contribution in [0.15, 0.2) is 59.2 Å². The predicted octanol–water partition coefficient (Wildman–Crippen LogP) is 3.87. The fourth-order valence-corrected chi connectivity index (χ4v) is 2.29. The van der Waals surface area contributed by atoms with E-state index in [4.69, 9.17) is 4.42 Å². The van der Waals surface area contributed by atoms with Gasteiger partial charge in [-0.05, 0) is 47.9 Å². The van der Waals surface area contributed by atoms with E-state index in [-0.39, 0.29) is 11.6 Å². The van der Waals surface area contributed by atoms with Gasteiger partial charge in [-0.15, -0.1) is 10.2 Å². The van der Waals surface area contributed by atoms with Gasteiger partial charge in [-0.3, -0.25) is 4.79 Å². The first-order chi connectivity index (χ1) is 12.1. The standard InChI is InChI=1S/C19H20N4O2/c1-13(2)14-5-7-15(8-6-14)21-18-10-9-17(22-23-18)19(24)20-12-16-4-3-11-25-16/h3-11,13H,12H2,1-2H3,(H,20,24)(H,21,23). The molecule has 6 heteroatoms. The Morgan fingerprint density at radius 2 is 1.88 bits per heavy atom. The molecule has 0 aliphatic carbocycles. The largest absolute Gasteiger partial charge is 0.467 e. The maximum Gasteiger partial charge on any atom is 0.272 e. The van der Waals surface area contributed by atoms with E-state index in [0.717, 1.165) is 5.69 Å². The van der Waals surface area contributed by atoms with Crippen molar-refractivity contribution in [2.75, 3.05) is 5.32 Å². The first-order valence-corrected chi connectivity index (χ1v) is 8.13. The molecule has 0 atom stereocenters. The monoisotopic (exact) mass is 336 g/mol. The first kappa shape index (κ1) is 16.7. The lowest BCUT2D eigenvalue weighted by molar-refractivity contribution is 0.0942. The summed E-state index contributed by atoms with van der Waals surface area (Å²) in [5, 5.41) is 13.9. The van der Waals surface area contributed by atoms with Crippen LogP contribution < -0.4 is 10.6 Å². The average Bonchev–Trinajstić information content (AvgIpc) is 3.14. The van der Waals surface area contributed by atoms with Crippen LogP contribution in [-0.4, -0.2) is 16.1 Å². The fraction of sp³-hybridized carbons (Fsp3) is 0.211. The Morgan fingerprint density at radius 1 is 1.08 bits per heavy atom. The third-order valence-electron chi connectivity index (χ3n) is 3.75. The molecule has 0 saturated heterocycles. The molecule has 0 radical (unpaired) electrons. The number of benzene rings is 1. The second kappa shape index (κ2) is 7.61. The van der Waals surface area contributed by atoms with Crippen LogP contribution in [-0.2, 0) is 6.54 Å². The minimum atomic E-state index is -0.295. The SMILES string of the molecule is CC(C)c1ccc(Nc2ccc(C(=O)NCc3ccco3)nn2)cc1. The quantitative estimate of drug-likeness (QED) is 0.714. The van der Waals surface area contributed by atoms with Crippen LogP contribution in [0.25, 0.3) is 0 Å². The Kier molecular flexibility index (Phi) is 5.09. The van der Waals surface area contributed by atoms with Gasteiger partial charge in [-0.25, -0.2) is 0 Å². The summed E-state index contributed by atoms with van der Waals surface area (Å²) in [4.78, 5) is 12.0. The molecule has 25 heavy (non-hydrogen) atoms. The highest BCUT2D eigenvalue weighted by molar-refractivity contribution is 5.92. The first-order valence-electron chi connectivity index (χ1n) is 8.13. The number of nitrogens with one attached hydrogen (secondary N) is 2. The molecule has 1 amide bonds.